The Morgan fingerprint density at radius 2 is 1.63 bits per heavy atom. The minimum atomic E-state index is -0.333. The molecule has 43 heavy (non-hydrogen) atoms. The van der Waals surface area contributed by atoms with Crippen LogP contribution in [0.25, 0.3) is 11.2 Å². The van der Waals surface area contributed by atoms with E-state index in [2.05, 4.69) is 10.6 Å². The van der Waals surface area contributed by atoms with E-state index in [0.717, 1.165) is 48.4 Å². The van der Waals surface area contributed by atoms with E-state index in [4.69, 9.17) is 10.7 Å². The van der Waals surface area contributed by atoms with Gasteiger partial charge in [0.05, 0.1) is 0 Å². The molecule has 0 saturated heterocycles. The maximum Gasteiger partial charge on any atom is 0.332 e. The zero-order chi connectivity index (χ0) is 30.6. The highest BCUT2D eigenvalue weighted by molar-refractivity contribution is 5.90. The largest absolute Gasteiger partial charge is 0.332 e. The fraction of sp³-hybridized carbons (Fsp3) is 0.455. The van der Waals surface area contributed by atoms with Crippen molar-refractivity contribution in [2.75, 3.05) is 25.0 Å². The first kappa shape index (κ1) is 31.9. The van der Waals surface area contributed by atoms with Crippen LogP contribution < -0.4 is 27.6 Å². The molecule has 0 aliphatic carbocycles. The number of anilines is 1. The Labute approximate surface area is 252 Å². The molecular formula is C33H45N7O3. The van der Waals surface area contributed by atoms with Crippen LogP contribution in [0.4, 0.5) is 5.69 Å². The second-order valence-electron chi connectivity index (χ2n) is 10.9. The van der Waals surface area contributed by atoms with Crippen LogP contribution >= 0.6 is 0 Å². The predicted molar refractivity (Wildman–Crippen MR) is 173 cm³/mol. The zero-order valence-electron chi connectivity index (χ0n) is 25.5. The molecule has 4 aromatic rings. The Bertz CT molecular complexity index is 1590. The van der Waals surface area contributed by atoms with Gasteiger partial charge in [0.1, 0.15) is 5.82 Å². The van der Waals surface area contributed by atoms with Crippen molar-refractivity contribution in [3.8, 4) is 0 Å². The Morgan fingerprint density at radius 1 is 0.860 bits per heavy atom. The predicted octanol–water partition coefficient (Wildman–Crippen LogP) is 3.67. The summed E-state index contributed by atoms with van der Waals surface area (Å²) < 4.78 is 5.00. The van der Waals surface area contributed by atoms with E-state index in [0.29, 0.717) is 69.6 Å². The van der Waals surface area contributed by atoms with E-state index in [1.807, 2.05) is 73.0 Å². The van der Waals surface area contributed by atoms with Crippen molar-refractivity contribution in [1.29, 1.82) is 0 Å². The van der Waals surface area contributed by atoms with Gasteiger partial charge in [-0.2, -0.15) is 0 Å². The number of nitrogens with two attached hydrogens (primary N) is 1. The number of nitrogens with one attached hydrogen (secondary N) is 2. The minimum Gasteiger partial charge on any atom is -0.330 e. The number of amides is 1. The van der Waals surface area contributed by atoms with Gasteiger partial charge >= 0.3 is 5.69 Å². The molecule has 230 valence electrons. The molecule has 0 radical (unpaired) electrons. The number of unbranched alkanes of at least 4 members (excludes halogenated alkanes) is 2. The molecule has 4 N–H and O–H groups in total. The van der Waals surface area contributed by atoms with Crippen LogP contribution in [0.1, 0.15) is 62.9 Å². The second-order valence-corrected chi connectivity index (χ2v) is 10.9. The third-order valence-electron chi connectivity index (χ3n) is 7.58. The Morgan fingerprint density at radius 3 is 2.33 bits per heavy atom. The number of hydrogen-bond donors (Lipinski definition) is 3. The van der Waals surface area contributed by atoms with E-state index in [1.54, 1.807) is 4.57 Å². The lowest BCUT2D eigenvalue weighted by atomic mass is 10.1. The molecule has 0 saturated carbocycles. The highest BCUT2D eigenvalue weighted by atomic mass is 16.2. The number of rotatable bonds is 17. The minimum absolute atomic E-state index is 0.00655. The molecule has 2 aromatic heterocycles. The molecule has 2 heterocycles. The van der Waals surface area contributed by atoms with Gasteiger partial charge in [0.15, 0.2) is 11.2 Å². The average Bonchev–Trinajstić information content (AvgIpc) is 3.36. The van der Waals surface area contributed by atoms with Crippen LogP contribution in [-0.4, -0.2) is 44.2 Å². The van der Waals surface area contributed by atoms with Crippen molar-refractivity contribution < 1.29 is 4.79 Å². The summed E-state index contributed by atoms with van der Waals surface area (Å²) in [4.78, 5) is 44.6. The number of carbonyl (C=O) groups is 1. The van der Waals surface area contributed by atoms with E-state index < -0.39 is 0 Å². The maximum absolute atomic E-state index is 13.7. The van der Waals surface area contributed by atoms with E-state index in [-0.39, 0.29) is 17.2 Å². The van der Waals surface area contributed by atoms with Crippen LogP contribution in [0.3, 0.4) is 0 Å². The standard InChI is InChI=1S/C33H45N7O3/c1-3-21-40-32(42)30-31(37-28(38(30)23-20-35-4-2)24-26-11-7-5-8-12-26)39(33(40)43)22-18-25-14-16-27(17-15-25)36-29(41)13-9-6-10-19-34/h5,7-8,11-12,14-17,35H,3-4,6,9-10,13,18-24,34H2,1-2H3,(H,36,41). The smallest absolute Gasteiger partial charge is 0.330 e. The van der Waals surface area contributed by atoms with Crippen LogP contribution in [-0.2, 0) is 37.3 Å². The van der Waals surface area contributed by atoms with Gasteiger partial charge in [-0.3, -0.25) is 18.7 Å². The Kier molecular flexibility index (Phi) is 11.9. The molecular weight excluding hydrogens is 542 g/mol. The number of carbonyl (C=O) groups excluding carboxylic acids is 1. The van der Waals surface area contributed by atoms with E-state index >= 15 is 0 Å². The summed E-state index contributed by atoms with van der Waals surface area (Å²) in [6.07, 6.45) is 4.97. The number of hydrogen-bond acceptors (Lipinski definition) is 6. The molecule has 10 nitrogen and oxygen atoms in total. The highest BCUT2D eigenvalue weighted by Gasteiger charge is 2.21. The second kappa shape index (κ2) is 16.0. The van der Waals surface area contributed by atoms with Crippen LogP contribution in [0, 0.1) is 0 Å². The van der Waals surface area contributed by atoms with Gasteiger partial charge in [-0.05, 0) is 62.0 Å². The monoisotopic (exact) mass is 587 g/mol. The molecule has 2 aromatic carbocycles. The third-order valence-corrected chi connectivity index (χ3v) is 7.58. The molecule has 0 spiro atoms. The Balaban J connectivity index is 1.62. The molecule has 0 aliphatic heterocycles. The van der Waals surface area contributed by atoms with Gasteiger partial charge < -0.3 is 20.9 Å². The number of benzene rings is 2. The number of aryl methyl sites for hydroxylation is 2. The first-order valence-corrected chi connectivity index (χ1v) is 15.5. The number of likely N-dealkylation sites (N-methyl/N-ethyl adjacent to an activating group) is 1. The quantitative estimate of drug-likeness (QED) is 0.162. The number of imidazole rings is 1. The molecule has 10 heteroatoms. The average molecular weight is 588 g/mol. The Hall–Kier alpha value is -4.02. The van der Waals surface area contributed by atoms with Crippen LogP contribution in [0.2, 0.25) is 0 Å². The normalized spacial score (nSPS) is 11.3. The van der Waals surface area contributed by atoms with E-state index in [9.17, 15) is 14.4 Å². The summed E-state index contributed by atoms with van der Waals surface area (Å²) in [5, 5.41) is 6.30. The highest BCUT2D eigenvalue weighted by Crippen LogP contribution is 2.17. The van der Waals surface area contributed by atoms with Gasteiger partial charge in [0, 0.05) is 44.7 Å². The molecule has 4 rings (SSSR count). The third kappa shape index (κ3) is 8.30. The van der Waals surface area contributed by atoms with Crippen molar-refractivity contribution in [1.82, 2.24) is 24.0 Å². The number of fused-ring (bicyclic) bond motifs is 1. The molecule has 1 amide bonds. The molecule has 0 aliphatic rings. The topological polar surface area (TPSA) is 129 Å². The summed E-state index contributed by atoms with van der Waals surface area (Å²) in [5.74, 6) is 0.759. The lowest BCUT2D eigenvalue weighted by molar-refractivity contribution is -0.116. The summed E-state index contributed by atoms with van der Waals surface area (Å²) in [5.41, 5.74) is 8.67. The number of aromatic nitrogens is 4. The fourth-order valence-corrected chi connectivity index (χ4v) is 5.31. The number of nitrogens with zero attached hydrogens (tertiary/aromatic N) is 4. The molecule has 0 atom stereocenters. The molecule has 0 bridgehead atoms. The van der Waals surface area contributed by atoms with Crippen LogP contribution in [0.5, 0.6) is 0 Å². The lowest BCUT2D eigenvalue weighted by Crippen LogP contribution is -2.41. The van der Waals surface area contributed by atoms with Crippen LogP contribution in [0.15, 0.2) is 64.2 Å². The van der Waals surface area contributed by atoms with Gasteiger partial charge in [-0.15, -0.1) is 0 Å². The first-order chi connectivity index (χ1) is 21.0. The zero-order valence-corrected chi connectivity index (χ0v) is 25.5. The SMILES string of the molecule is CCCn1c(=O)c2c(nc(Cc3ccccc3)n2CCNCC)n(CCc2ccc(NC(=O)CCCCCN)cc2)c1=O. The fourth-order valence-electron chi connectivity index (χ4n) is 5.31. The first-order valence-electron chi connectivity index (χ1n) is 15.5. The molecule has 0 unspecified atom stereocenters. The van der Waals surface area contributed by atoms with Crippen molar-refractivity contribution in [2.45, 2.75) is 78.4 Å². The summed E-state index contributed by atoms with van der Waals surface area (Å²) in [6, 6.07) is 17.7. The van der Waals surface area contributed by atoms with Gasteiger partial charge in [-0.25, -0.2) is 9.78 Å². The summed E-state index contributed by atoms with van der Waals surface area (Å²) in [6.45, 7) is 7.47. The summed E-state index contributed by atoms with van der Waals surface area (Å²) in [7, 11) is 0. The maximum atomic E-state index is 13.7. The molecule has 0 fully saturated rings. The van der Waals surface area contributed by atoms with Crippen molar-refractivity contribution in [3.63, 3.8) is 0 Å². The summed E-state index contributed by atoms with van der Waals surface area (Å²) >= 11 is 0. The van der Waals surface area contributed by atoms with Gasteiger partial charge in [0.25, 0.3) is 5.56 Å². The lowest BCUT2D eigenvalue weighted by Gasteiger charge is -2.13. The van der Waals surface area contributed by atoms with Crippen molar-refractivity contribution in [3.05, 3.63) is 92.4 Å². The van der Waals surface area contributed by atoms with Gasteiger partial charge in [0.2, 0.25) is 5.91 Å². The van der Waals surface area contributed by atoms with E-state index in [1.165, 1.54) is 4.57 Å². The van der Waals surface area contributed by atoms with Crippen molar-refractivity contribution in [2.24, 2.45) is 5.73 Å². The van der Waals surface area contributed by atoms with Gasteiger partial charge in [-0.1, -0.05) is 62.7 Å². The van der Waals surface area contributed by atoms with Crippen molar-refractivity contribution >= 4 is 22.8 Å².